The van der Waals surface area contributed by atoms with E-state index in [4.69, 9.17) is 32.2 Å². The first-order valence-corrected chi connectivity index (χ1v) is 6.17. The molecule has 1 aromatic carbocycles. The third-order valence-corrected chi connectivity index (χ3v) is 2.53. The van der Waals surface area contributed by atoms with Crippen LogP contribution >= 0.6 is 12.2 Å². The highest BCUT2D eigenvalue weighted by Gasteiger charge is 2.01. The van der Waals surface area contributed by atoms with Gasteiger partial charge in [0.2, 0.25) is 0 Å². The molecule has 18 heavy (non-hydrogen) atoms. The highest BCUT2D eigenvalue weighted by Crippen LogP contribution is 2.11. The van der Waals surface area contributed by atoms with Gasteiger partial charge in [-0.1, -0.05) is 12.2 Å². The van der Waals surface area contributed by atoms with Crippen molar-refractivity contribution in [2.24, 2.45) is 5.73 Å². The van der Waals surface area contributed by atoms with Gasteiger partial charge < -0.3 is 19.9 Å². The van der Waals surface area contributed by atoms with Crippen LogP contribution in [-0.4, -0.2) is 38.0 Å². The minimum atomic E-state index is 0.0792. The number of nitrogens with two attached hydrogens (primary N) is 1. The average molecular weight is 269 g/mol. The molecule has 5 heteroatoms. The Bertz CT molecular complexity index is 367. The molecule has 0 radical (unpaired) electrons. The van der Waals surface area contributed by atoms with E-state index in [0.717, 1.165) is 11.3 Å². The van der Waals surface area contributed by atoms with Crippen LogP contribution in [0.25, 0.3) is 0 Å². The number of ether oxygens (including phenoxy) is 3. The van der Waals surface area contributed by atoms with Crippen LogP contribution in [0, 0.1) is 0 Å². The number of rotatable bonds is 8. The molecule has 0 aromatic heterocycles. The maximum Gasteiger partial charge on any atom is 0.119 e. The van der Waals surface area contributed by atoms with Crippen LogP contribution < -0.4 is 10.5 Å². The van der Waals surface area contributed by atoms with Crippen LogP contribution in [0.1, 0.15) is 12.5 Å². The fourth-order valence-electron chi connectivity index (χ4n) is 1.41. The highest BCUT2D eigenvalue weighted by molar-refractivity contribution is 7.80. The highest BCUT2D eigenvalue weighted by atomic mass is 32.1. The van der Waals surface area contributed by atoms with Crippen molar-refractivity contribution in [1.82, 2.24) is 0 Å². The summed E-state index contributed by atoms with van der Waals surface area (Å²) in [5.74, 6) is 0.776. The van der Waals surface area contributed by atoms with Crippen LogP contribution in [0.4, 0.5) is 0 Å². The lowest BCUT2D eigenvalue weighted by molar-refractivity contribution is -0.00214. The monoisotopic (exact) mass is 269 g/mol. The Morgan fingerprint density at radius 2 is 1.94 bits per heavy atom. The number of hydrogen-bond acceptors (Lipinski definition) is 4. The number of benzene rings is 1. The van der Waals surface area contributed by atoms with Gasteiger partial charge in [-0.05, 0) is 31.2 Å². The third-order valence-electron chi connectivity index (χ3n) is 2.29. The van der Waals surface area contributed by atoms with E-state index in [-0.39, 0.29) is 6.10 Å². The van der Waals surface area contributed by atoms with Gasteiger partial charge in [0.1, 0.15) is 17.3 Å². The second kappa shape index (κ2) is 8.02. The summed E-state index contributed by atoms with van der Waals surface area (Å²) < 4.78 is 16.0. The molecule has 0 spiro atoms. The van der Waals surface area contributed by atoms with Gasteiger partial charge >= 0.3 is 0 Å². The van der Waals surface area contributed by atoms with Crippen molar-refractivity contribution >= 4 is 17.2 Å². The minimum Gasteiger partial charge on any atom is -0.491 e. The Balaban J connectivity index is 2.25. The van der Waals surface area contributed by atoms with Gasteiger partial charge in [-0.3, -0.25) is 0 Å². The topological polar surface area (TPSA) is 53.7 Å². The Hall–Kier alpha value is -1.17. The molecule has 0 heterocycles. The van der Waals surface area contributed by atoms with E-state index in [1.54, 1.807) is 7.11 Å². The predicted octanol–water partition coefficient (Wildman–Crippen LogP) is 1.75. The van der Waals surface area contributed by atoms with Crippen molar-refractivity contribution in [2.45, 2.75) is 13.0 Å². The molecule has 1 rings (SSSR count). The van der Waals surface area contributed by atoms with Crippen LogP contribution in [0.2, 0.25) is 0 Å². The molecule has 0 bridgehead atoms. The zero-order valence-electron chi connectivity index (χ0n) is 10.7. The van der Waals surface area contributed by atoms with Crippen molar-refractivity contribution in [3.63, 3.8) is 0 Å². The molecule has 0 aliphatic heterocycles. The van der Waals surface area contributed by atoms with Gasteiger partial charge in [0.15, 0.2) is 0 Å². The van der Waals surface area contributed by atoms with E-state index < -0.39 is 0 Å². The number of hydrogen-bond donors (Lipinski definition) is 1. The molecule has 0 aliphatic carbocycles. The van der Waals surface area contributed by atoms with Crippen molar-refractivity contribution in [3.05, 3.63) is 29.8 Å². The lowest BCUT2D eigenvalue weighted by atomic mass is 10.2. The number of methoxy groups -OCH3 is 1. The first-order chi connectivity index (χ1) is 8.63. The summed E-state index contributed by atoms with van der Waals surface area (Å²) in [6.07, 6.45) is 0.0792. The summed E-state index contributed by atoms with van der Waals surface area (Å²) in [7, 11) is 1.65. The average Bonchev–Trinajstić information content (AvgIpc) is 2.35. The van der Waals surface area contributed by atoms with Crippen molar-refractivity contribution in [3.8, 4) is 5.75 Å². The number of thiocarbonyl (C=S) groups is 1. The summed E-state index contributed by atoms with van der Waals surface area (Å²) in [6.45, 7) is 3.57. The Morgan fingerprint density at radius 3 is 2.50 bits per heavy atom. The molecule has 1 unspecified atom stereocenters. The Kier molecular flexibility index (Phi) is 6.64. The molecule has 1 atom stereocenters. The van der Waals surface area contributed by atoms with Gasteiger partial charge in [0.05, 0.1) is 19.3 Å². The maximum atomic E-state index is 5.52. The van der Waals surface area contributed by atoms with Gasteiger partial charge in [-0.25, -0.2) is 0 Å². The molecule has 2 N–H and O–H groups in total. The summed E-state index contributed by atoms with van der Waals surface area (Å²) in [5, 5.41) is 0. The van der Waals surface area contributed by atoms with Gasteiger partial charge in [0.25, 0.3) is 0 Å². The van der Waals surface area contributed by atoms with E-state index in [2.05, 4.69) is 0 Å². The molecule has 0 saturated carbocycles. The van der Waals surface area contributed by atoms with E-state index in [1.165, 1.54) is 0 Å². The largest absolute Gasteiger partial charge is 0.491 e. The summed E-state index contributed by atoms with van der Waals surface area (Å²) in [6, 6.07) is 7.36. The standard InChI is InChI=1S/C13H19NO3S/c1-10(9-15-2)16-7-8-17-12-5-3-11(4-6-12)13(14)18/h3-6,10H,7-9H2,1-2H3,(H2,14,18). The van der Waals surface area contributed by atoms with Crippen LogP contribution in [0.5, 0.6) is 5.75 Å². The second-order valence-electron chi connectivity index (χ2n) is 3.87. The quantitative estimate of drug-likeness (QED) is 0.575. The van der Waals surface area contributed by atoms with Crippen molar-refractivity contribution in [1.29, 1.82) is 0 Å². The zero-order chi connectivity index (χ0) is 13.4. The Labute approximate surface area is 113 Å². The lowest BCUT2D eigenvalue weighted by Gasteiger charge is -2.12. The van der Waals surface area contributed by atoms with E-state index in [0.29, 0.717) is 24.8 Å². The van der Waals surface area contributed by atoms with E-state index in [9.17, 15) is 0 Å². The second-order valence-corrected chi connectivity index (χ2v) is 4.31. The summed E-state index contributed by atoms with van der Waals surface area (Å²) in [4.78, 5) is 0.387. The third kappa shape index (κ3) is 5.44. The predicted molar refractivity (Wildman–Crippen MR) is 75.1 cm³/mol. The van der Waals surface area contributed by atoms with Crippen LogP contribution in [0.15, 0.2) is 24.3 Å². The Morgan fingerprint density at radius 1 is 1.28 bits per heavy atom. The van der Waals surface area contributed by atoms with Crippen molar-refractivity contribution < 1.29 is 14.2 Å². The first kappa shape index (κ1) is 14.9. The molecule has 4 nitrogen and oxygen atoms in total. The molecular weight excluding hydrogens is 250 g/mol. The normalized spacial score (nSPS) is 12.1. The zero-order valence-corrected chi connectivity index (χ0v) is 11.5. The molecule has 0 saturated heterocycles. The van der Waals surface area contributed by atoms with Gasteiger partial charge in [-0.2, -0.15) is 0 Å². The SMILES string of the molecule is COCC(C)OCCOc1ccc(C(N)=S)cc1. The molecule has 100 valence electrons. The molecule has 0 fully saturated rings. The summed E-state index contributed by atoms with van der Waals surface area (Å²) >= 11 is 4.87. The smallest absolute Gasteiger partial charge is 0.119 e. The fourth-order valence-corrected chi connectivity index (χ4v) is 1.54. The lowest BCUT2D eigenvalue weighted by Crippen LogP contribution is -2.18. The van der Waals surface area contributed by atoms with Crippen molar-refractivity contribution in [2.75, 3.05) is 26.9 Å². The summed E-state index contributed by atoms with van der Waals surface area (Å²) in [5.41, 5.74) is 6.34. The van der Waals surface area contributed by atoms with Crippen LogP contribution in [-0.2, 0) is 9.47 Å². The fraction of sp³-hybridized carbons (Fsp3) is 0.462. The molecular formula is C13H19NO3S. The van der Waals surface area contributed by atoms with E-state index in [1.807, 2.05) is 31.2 Å². The van der Waals surface area contributed by atoms with Crippen LogP contribution in [0.3, 0.4) is 0 Å². The first-order valence-electron chi connectivity index (χ1n) is 5.76. The minimum absolute atomic E-state index is 0.0792. The van der Waals surface area contributed by atoms with Gasteiger partial charge in [0, 0.05) is 12.7 Å². The maximum absolute atomic E-state index is 5.52. The molecule has 1 aromatic rings. The molecule has 0 amide bonds. The molecule has 0 aliphatic rings. The van der Waals surface area contributed by atoms with E-state index >= 15 is 0 Å². The van der Waals surface area contributed by atoms with Gasteiger partial charge in [-0.15, -0.1) is 0 Å².